The molecule has 7 heteroatoms. The van der Waals surface area contributed by atoms with E-state index in [1.54, 1.807) is 6.07 Å². The topological polar surface area (TPSA) is 71.8 Å². The molecule has 3 rings (SSSR count). The summed E-state index contributed by atoms with van der Waals surface area (Å²) in [5, 5.41) is 14.2. The van der Waals surface area contributed by atoms with Crippen molar-refractivity contribution in [2.75, 3.05) is 18.4 Å². The quantitative estimate of drug-likeness (QED) is 0.910. The predicted octanol–water partition coefficient (Wildman–Crippen LogP) is 2.21. The van der Waals surface area contributed by atoms with Gasteiger partial charge in [-0.15, -0.1) is 5.10 Å². The molecule has 1 aromatic heterocycles. The summed E-state index contributed by atoms with van der Waals surface area (Å²) < 4.78 is 15.2. The summed E-state index contributed by atoms with van der Waals surface area (Å²) in [5.41, 5.74) is 2.27. The van der Waals surface area contributed by atoms with Crippen molar-refractivity contribution >= 4 is 11.6 Å². The number of halogens is 1. The zero-order chi connectivity index (χ0) is 16.4. The van der Waals surface area contributed by atoms with E-state index in [1.165, 1.54) is 12.1 Å². The highest BCUT2D eigenvalue weighted by atomic mass is 19.1. The summed E-state index contributed by atoms with van der Waals surface area (Å²) in [5.74, 6) is -0.752. The lowest BCUT2D eigenvalue weighted by Gasteiger charge is -2.23. The van der Waals surface area contributed by atoms with Crippen LogP contribution in [0, 0.1) is 19.7 Å². The van der Waals surface area contributed by atoms with Gasteiger partial charge in [-0.25, -0.2) is 9.07 Å². The van der Waals surface area contributed by atoms with Crippen molar-refractivity contribution in [3.05, 3.63) is 41.0 Å². The summed E-state index contributed by atoms with van der Waals surface area (Å²) in [4.78, 5) is 12.4. The van der Waals surface area contributed by atoms with E-state index in [1.807, 2.05) is 18.5 Å². The van der Waals surface area contributed by atoms with Crippen molar-refractivity contribution in [3.8, 4) is 0 Å². The fourth-order valence-electron chi connectivity index (χ4n) is 2.86. The largest absolute Gasteiger partial charge is 0.320 e. The van der Waals surface area contributed by atoms with Crippen molar-refractivity contribution in [3.63, 3.8) is 0 Å². The maximum Gasteiger partial charge on any atom is 0.278 e. The van der Waals surface area contributed by atoms with Crippen LogP contribution in [0.25, 0.3) is 0 Å². The van der Waals surface area contributed by atoms with Crippen LogP contribution in [0.15, 0.2) is 18.2 Å². The summed E-state index contributed by atoms with van der Waals surface area (Å²) in [6, 6.07) is 4.56. The second kappa shape index (κ2) is 6.45. The van der Waals surface area contributed by atoms with Crippen LogP contribution in [-0.4, -0.2) is 34.0 Å². The number of hydrogen-bond donors (Lipinski definition) is 2. The van der Waals surface area contributed by atoms with E-state index in [2.05, 4.69) is 20.9 Å². The molecule has 0 bridgehead atoms. The zero-order valence-corrected chi connectivity index (χ0v) is 13.3. The first-order valence-corrected chi connectivity index (χ1v) is 7.76. The molecule has 6 nitrogen and oxygen atoms in total. The fraction of sp³-hybridized carbons (Fsp3) is 0.438. The van der Waals surface area contributed by atoms with Gasteiger partial charge in [0.15, 0.2) is 5.69 Å². The molecule has 0 atom stereocenters. The molecule has 1 aliphatic heterocycles. The molecule has 1 aromatic carbocycles. The fourth-order valence-corrected chi connectivity index (χ4v) is 2.86. The molecule has 23 heavy (non-hydrogen) atoms. The van der Waals surface area contributed by atoms with E-state index in [0.29, 0.717) is 5.69 Å². The summed E-state index contributed by atoms with van der Waals surface area (Å²) >= 11 is 0. The number of carbonyl (C=O) groups excluding carboxylic acids is 1. The summed E-state index contributed by atoms with van der Waals surface area (Å²) in [6.07, 6.45) is 1.93. The lowest BCUT2D eigenvalue weighted by Crippen LogP contribution is -2.30. The van der Waals surface area contributed by atoms with Gasteiger partial charge in [-0.3, -0.25) is 4.79 Å². The van der Waals surface area contributed by atoms with Crippen molar-refractivity contribution in [1.29, 1.82) is 0 Å². The minimum Gasteiger partial charge on any atom is -0.320 e. The van der Waals surface area contributed by atoms with Crippen molar-refractivity contribution in [1.82, 2.24) is 20.3 Å². The molecule has 0 saturated carbocycles. The Kier molecular flexibility index (Phi) is 4.38. The van der Waals surface area contributed by atoms with Gasteiger partial charge in [-0.05, 0) is 57.5 Å². The lowest BCUT2D eigenvalue weighted by molar-refractivity contribution is 0.102. The summed E-state index contributed by atoms with van der Waals surface area (Å²) in [7, 11) is 0. The third-order valence-corrected chi connectivity index (χ3v) is 4.24. The molecular weight excluding hydrogens is 297 g/mol. The number of aryl methyl sites for hydroxylation is 1. The van der Waals surface area contributed by atoms with E-state index in [0.717, 1.165) is 37.2 Å². The minimum atomic E-state index is -0.388. The van der Waals surface area contributed by atoms with Crippen LogP contribution in [-0.2, 0) is 0 Å². The zero-order valence-electron chi connectivity index (χ0n) is 13.3. The van der Waals surface area contributed by atoms with Gasteiger partial charge in [-0.2, -0.15) is 0 Å². The average Bonchev–Trinajstić information content (AvgIpc) is 2.93. The maximum atomic E-state index is 13.3. The van der Waals surface area contributed by atoms with Crippen LogP contribution < -0.4 is 10.6 Å². The molecule has 2 heterocycles. The molecule has 0 aliphatic carbocycles. The minimum absolute atomic E-state index is 0.265. The predicted molar refractivity (Wildman–Crippen MR) is 85.0 cm³/mol. The Hall–Kier alpha value is -2.28. The number of amides is 1. The van der Waals surface area contributed by atoms with Gasteiger partial charge < -0.3 is 10.6 Å². The first kappa shape index (κ1) is 15.6. The molecule has 2 N–H and O–H groups in total. The van der Waals surface area contributed by atoms with Gasteiger partial charge >= 0.3 is 0 Å². The number of rotatable bonds is 3. The monoisotopic (exact) mass is 317 g/mol. The van der Waals surface area contributed by atoms with Crippen LogP contribution in [0.2, 0.25) is 0 Å². The Morgan fingerprint density at radius 2 is 2.09 bits per heavy atom. The van der Waals surface area contributed by atoms with Gasteiger partial charge in [0.1, 0.15) is 5.82 Å². The van der Waals surface area contributed by atoms with Crippen molar-refractivity contribution < 1.29 is 9.18 Å². The molecule has 1 fully saturated rings. The number of nitrogens with zero attached hydrogens (tertiary/aromatic N) is 3. The first-order valence-electron chi connectivity index (χ1n) is 7.76. The second-order valence-corrected chi connectivity index (χ2v) is 5.86. The van der Waals surface area contributed by atoms with E-state index >= 15 is 0 Å². The Balaban J connectivity index is 1.80. The molecule has 1 amide bonds. The van der Waals surface area contributed by atoms with E-state index in [4.69, 9.17) is 0 Å². The van der Waals surface area contributed by atoms with Gasteiger partial charge in [0, 0.05) is 5.69 Å². The smallest absolute Gasteiger partial charge is 0.278 e. The molecule has 0 radical (unpaired) electrons. The highest BCUT2D eigenvalue weighted by Gasteiger charge is 2.23. The normalized spacial score (nSPS) is 15.6. The Bertz CT molecular complexity index is 721. The first-order chi connectivity index (χ1) is 11.1. The van der Waals surface area contributed by atoms with Gasteiger partial charge in [0.05, 0.1) is 11.7 Å². The van der Waals surface area contributed by atoms with Crippen LogP contribution in [0.1, 0.15) is 40.6 Å². The third kappa shape index (κ3) is 3.24. The molecular formula is C16H20FN5O. The average molecular weight is 317 g/mol. The standard InChI is InChI=1S/C16H20FN5O/c1-10-3-4-12(17)9-14(10)19-16(23)15-11(2)22(21-20-15)13-5-7-18-8-6-13/h3-4,9,13,18H,5-8H2,1-2H3,(H,19,23). The maximum absolute atomic E-state index is 13.3. The van der Waals surface area contributed by atoms with Crippen molar-refractivity contribution in [2.24, 2.45) is 0 Å². The van der Waals surface area contributed by atoms with Crippen LogP contribution in [0.5, 0.6) is 0 Å². The molecule has 0 unspecified atom stereocenters. The molecule has 1 saturated heterocycles. The number of hydrogen-bond acceptors (Lipinski definition) is 4. The van der Waals surface area contributed by atoms with E-state index in [9.17, 15) is 9.18 Å². The molecule has 2 aromatic rings. The molecule has 0 spiro atoms. The van der Waals surface area contributed by atoms with Crippen LogP contribution >= 0.6 is 0 Å². The summed E-state index contributed by atoms with van der Waals surface area (Å²) in [6.45, 7) is 5.53. The van der Waals surface area contributed by atoms with E-state index < -0.39 is 0 Å². The molecule has 122 valence electrons. The lowest BCUT2D eigenvalue weighted by atomic mass is 10.1. The highest BCUT2D eigenvalue weighted by molar-refractivity contribution is 6.03. The molecule has 1 aliphatic rings. The van der Waals surface area contributed by atoms with Crippen LogP contribution in [0.3, 0.4) is 0 Å². The van der Waals surface area contributed by atoms with Crippen molar-refractivity contribution in [2.45, 2.75) is 32.7 Å². The number of carbonyl (C=O) groups is 1. The SMILES string of the molecule is Cc1ccc(F)cc1NC(=O)c1nnn(C2CCNCC2)c1C. The third-order valence-electron chi connectivity index (χ3n) is 4.24. The highest BCUT2D eigenvalue weighted by Crippen LogP contribution is 2.21. The van der Waals surface area contributed by atoms with Gasteiger partial charge in [0.2, 0.25) is 0 Å². The second-order valence-electron chi connectivity index (χ2n) is 5.86. The Morgan fingerprint density at radius 1 is 1.35 bits per heavy atom. The number of nitrogens with one attached hydrogen (secondary N) is 2. The van der Waals surface area contributed by atoms with Gasteiger partial charge in [-0.1, -0.05) is 11.3 Å². The number of aromatic nitrogens is 3. The Morgan fingerprint density at radius 3 is 2.83 bits per heavy atom. The van der Waals surface area contributed by atoms with Gasteiger partial charge in [0.25, 0.3) is 5.91 Å². The number of benzene rings is 1. The van der Waals surface area contributed by atoms with E-state index in [-0.39, 0.29) is 23.5 Å². The number of piperidine rings is 1. The Labute approximate surface area is 134 Å². The number of anilines is 1. The van der Waals surface area contributed by atoms with Crippen LogP contribution in [0.4, 0.5) is 10.1 Å².